The first kappa shape index (κ1) is 22.6. The van der Waals surface area contributed by atoms with Crippen LogP contribution in [0.5, 0.6) is 0 Å². The van der Waals surface area contributed by atoms with Crippen LogP contribution in [0, 0.1) is 0 Å². The van der Waals surface area contributed by atoms with E-state index in [9.17, 15) is 18.0 Å². The molecule has 1 aliphatic rings. The van der Waals surface area contributed by atoms with Crippen molar-refractivity contribution in [3.63, 3.8) is 0 Å². The maximum Gasteiger partial charge on any atom is 0.409 e. The largest absolute Gasteiger partial charge is 0.409 e. The summed E-state index contributed by atoms with van der Waals surface area (Å²) in [5.41, 5.74) is 2.54. The molecule has 1 heterocycles. The zero-order valence-corrected chi connectivity index (χ0v) is 18.0. The van der Waals surface area contributed by atoms with E-state index >= 15 is 0 Å². The van der Waals surface area contributed by atoms with E-state index in [1.807, 2.05) is 24.3 Å². The number of amides is 1. The van der Waals surface area contributed by atoms with Crippen molar-refractivity contribution in [2.75, 3.05) is 0 Å². The average Bonchev–Trinajstić information content (AvgIpc) is 2.93. The van der Waals surface area contributed by atoms with Crippen LogP contribution in [0.15, 0.2) is 36.4 Å². The molecule has 0 aromatic heterocycles. The van der Waals surface area contributed by atoms with E-state index < -0.39 is 17.8 Å². The first-order valence-corrected chi connectivity index (χ1v) is 10.8. The van der Waals surface area contributed by atoms with Crippen molar-refractivity contribution in [1.82, 2.24) is 10.4 Å². The van der Waals surface area contributed by atoms with Gasteiger partial charge < -0.3 is 0 Å². The van der Waals surface area contributed by atoms with Crippen molar-refractivity contribution in [1.29, 1.82) is 0 Å². The normalized spacial score (nSPS) is 18.0. The van der Waals surface area contributed by atoms with Gasteiger partial charge in [0.05, 0.1) is 0 Å². The predicted octanol–water partition coefficient (Wildman–Crippen LogP) is 6.47. The lowest BCUT2D eigenvalue weighted by molar-refractivity contribution is -0.204. The summed E-state index contributed by atoms with van der Waals surface area (Å²) in [6.07, 6.45) is 1.32. The SMILES string of the molecule is CCCCCCCc1c([C@H](N2NC(=O)CC2(C)C)C(F)(F)F)ccc2ccccc12. The zero-order chi connectivity index (χ0) is 21.9. The molecule has 1 saturated heterocycles. The molecule has 0 unspecified atom stereocenters. The molecule has 1 fully saturated rings. The summed E-state index contributed by atoms with van der Waals surface area (Å²) >= 11 is 0. The lowest BCUT2D eigenvalue weighted by atomic mass is 9.88. The molecule has 30 heavy (non-hydrogen) atoms. The fourth-order valence-corrected chi connectivity index (χ4v) is 4.47. The van der Waals surface area contributed by atoms with Gasteiger partial charge in [0.2, 0.25) is 5.91 Å². The molecule has 164 valence electrons. The highest BCUT2D eigenvalue weighted by atomic mass is 19.4. The van der Waals surface area contributed by atoms with Crippen LogP contribution < -0.4 is 5.43 Å². The molecule has 2 aromatic rings. The Morgan fingerprint density at radius 1 is 1.07 bits per heavy atom. The number of fused-ring (bicyclic) bond motifs is 1. The van der Waals surface area contributed by atoms with Crippen LogP contribution in [0.25, 0.3) is 10.8 Å². The fraction of sp³-hybridized carbons (Fsp3) is 0.542. The number of unbranched alkanes of at least 4 members (excludes halogenated alkanes) is 4. The summed E-state index contributed by atoms with van der Waals surface area (Å²) in [5, 5.41) is 2.92. The van der Waals surface area contributed by atoms with Gasteiger partial charge in [-0.1, -0.05) is 69.0 Å². The molecule has 1 amide bonds. The Kier molecular flexibility index (Phi) is 6.75. The summed E-state index contributed by atoms with van der Waals surface area (Å²) in [5.74, 6) is -0.379. The molecular formula is C24H31F3N2O. The number of rotatable bonds is 8. The van der Waals surface area contributed by atoms with E-state index in [2.05, 4.69) is 12.3 Å². The molecule has 2 aromatic carbocycles. The first-order valence-electron chi connectivity index (χ1n) is 10.8. The van der Waals surface area contributed by atoms with Gasteiger partial charge in [0.15, 0.2) is 6.04 Å². The van der Waals surface area contributed by atoms with Crippen molar-refractivity contribution in [2.45, 2.75) is 83.5 Å². The van der Waals surface area contributed by atoms with Crippen molar-refractivity contribution in [3.8, 4) is 0 Å². The van der Waals surface area contributed by atoms with E-state index in [1.165, 1.54) is 0 Å². The third-order valence-electron chi connectivity index (χ3n) is 5.96. The zero-order valence-electron chi connectivity index (χ0n) is 18.0. The molecule has 0 aliphatic carbocycles. The monoisotopic (exact) mass is 420 g/mol. The van der Waals surface area contributed by atoms with Gasteiger partial charge >= 0.3 is 6.18 Å². The van der Waals surface area contributed by atoms with E-state index in [0.717, 1.165) is 53.4 Å². The standard InChI is InChI=1S/C24H31F3N2O/c1-4-5-6-7-8-13-19-18-12-10-9-11-17(18)14-15-20(19)22(24(25,26)27)29-23(2,3)16-21(30)28-29/h9-12,14-15,22H,4-8,13,16H2,1-3H3,(H,28,30)/t22-/m0/s1. The van der Waals surface area contributed by atoms with Gasteiger partial charge in [-0.25, -0.2) is 0 Å². The average molecular weight is 421 g/mol. The maximum absolute atomic E-state index is 14.4. The number of hydrogen-bond donors (Lipinski definition) is 1. The van der Waals surface area contributed by atoms with Gasteiger partial charge in [0.1, 0.15) is 0 Å². The number of halogens is 3. The van der Waals surface area contributed by atoms with Gasteiger partial charge in [0.25, 0.3) is 0 Å². The third kappa shape index (κ3) is 4.80. The second-order valence-electron chi connectivity index (χ2n) is 8.86. The fourth-order valence-electron chi connectivity index (χ4n) is 4.47. The Morgan fingerprint density at radius 2 is 1.77 bits per heavy atom. The Bertz CT molecular complexity index is 892. The van der Waals surface area contributed by atoms with Crippen LogP contribution in [-0.2, 0) is 11.2 Å². The minimum atomic E-state index is -4.52. The third-order valence-corrected chi connectivity index (χ3v) is 5.96. The van der Waals surface area contributed by atoms with Crippen LogP contribution in [0.4, 0.5) is 13.2 Å². The van der Waals surface area contributed by atoms with E-state index in [4.69, 9.17) is 0 Å². The van der Waals surface area contributed by atoms with Gasteiger partial charge in [-0.05, 0) is 48.6 Å². The van der Waals surface area contributed by atoms with E-state index in [-0.39, 0.29) is 17.9 Å². The maximum atomic E-state index is 14.4. The summed E-state index contributed by atoms with van der Waals surface area (Å²) < 4.78 is 43.2. The number of carbonyl (C=O) groups is 1. The van der Waals surface area contributed by atoms with E-state index in [0.29, 0.717) is 6.42 Å². The molecular weight excluding hydrogens is 389 g/mol. The van der Waals surface area contributed by atoms with Gasteiger partial charge in [-0.2, -0.15) is 18.2 Å². The van der Waals surface area contributed by atoms with Crippen LogP contribution in [0.2, 0.25) is 0 Å². The van der Waals surface area contributed by atoms with Crippen LogP contribution >= 0.6 is 0 Å². The smallest absolute Gasteiger partial charge is 0.287 e. The first-order chi connectivity index (χ1) is 14.1. The van der Waals surface area contributed by atoms with Crippen molar-refractivity contribution < 1.29 is 18.0 Å². The Labute approximate surface area is 176 Å². The minimum absolute atomic E-state index is 0.0412. The van der Waals surface area contributed by atoms with Gasteiger partial charge in [-0.3, -0.25) is 10.2 Å². The number of hydrogen-bond acceptors (Lipinski definition) is 2. The molecule has 3 nitrogen and oxygen atoms in total. The molecule has 1 N–H and O–H groups in total. The van der Waals surface area contributed by atoms with Crippen LogP contribution in [0.1, 0.15) is 76.5 Å². The second kappa shape index (κ2) is 8.96. The number of carbonyl (C=O) groups excluding carboxylic acids is 1. The summed E-state index contributed by atoms with van der Waals surface area (Å²) in [4.78, 5) is 12.0. The van der Waals surface area contributed by atoms with Gasteiger partial charge in [-0.15, -0.1) is 0 Å². The van der Waals surface area contributed by atoms with Crippen molar-refractivity contribution in [2.24, 2.45) is 0 Å². The molecule has 1 atom stereocenters. The van der Waals surface area contributed by atoms with Gasteiger partial charge in [0, 0.05) is 12.0 Å². The number of nitrogens with one attached hydrogen (secondary N) is 1. The summed E-state index contributed by atoms with van der Waals surface area (Å²) in [6.45, 7) is 5.49. The second-order valence-corrected chi connectivity index (χ2v) is 8.86. The lowest BCUT2D eigenvalue weighted by Gasteiger charge is -2.39. The highest BCUT2D eigenvalue weighted by Crippen LogP contribution is 2.45. The molecule has 1 aliphatic heterocycles. The molecule has 0 spiro atoms. The summed E-state index contributed by atoms with van der Waals surface area (Å²) in [6, 6.07) is 9.09. The van der Waals surface area contributed by atoms with Crippen molar-refractivity contribution in [3.05, 3.63) is 47.5 Å². The number of benzene rings is 2. The summed E-state index contributed by atoms with van der Waals surface area (Å²) in [7, 11) is 0. The quantitative estimate of drug-likeness (QED) is 0.496. The van der Waals surface area contributed by atoms with Crippen LogP contribution in [-0.4, -0.2) is 22.6 Å². The molecule has 0 saturated carbocycles. The highest BCUT2D eigenvalue weighted by molar-refractivity contribution is 5.87. The van der Waals surface area contributed by atoms with Crippen LogP contribution in [0.3, 0.4) is 0 Å². The number of nitrogens with zero attached hydrogens (tertiary/aromatic N) is 1. The van der Waals surface area contributed by atoms with Crippen molar-refractivity contribution >= 4 is 16.7 Å². The van der Waals surface area contributed by atoms with E-state index in [1.54, 1.807) is 26.0 Å². The molecule has 0 radical (unpaired) electrons. The number of alkyl halides is 3. The Balaban J connectivity index is 2.06. The topological polar surface area (TPSA) is 32.3 Å². The highest BCUT2D eigenvalue weighted by Gasteiger charge is 2.53. The number of aryl methyl sites for hydroxylation is 1. The molecule has 6 heteroatoms. The predicted molar refractivity (Wildman–Crippen MR) is 114 cm³/mol. The number of hydrazine groups is 1. The Hall–Kier alpha value is -2.08. The molecule has 0 bridgehead atoms. The Morgan fingerprint density at radius 3 is 2.40 bits per heavy atom. The lowest BCUT2D eigenvalue weighted by Crippen LogP contribution is -2.51. The minimum Gasteiger partial charge on any atom is -0.287 e. The molecule has 3 rings (SSSR count).